The molecular weight excluding hydrogens is 302 g/mol. The summed E-state index contributed by atoms with van der Waals surface area (Å²) >= 11 is 0. The topological polar surface area (TPSA) is 52.3 Å². The lowest BCUT2D eigenvalue weighted by Gasteiger charge is -2.19. The fourth-order valence-corrected chi connectivity index (χ4v) is 3.08. The van der Waals surface area contributed by atoms with Crippen molar-refractivity contribution in [2.75, 3.05) is 0 Å². The number of ether oxygens (including phenoxy) is 1. The van der Waals surface area contributed by atoms with Crippen LogP contribution in [0.1, 0.15) is 42.2 Å². The molecule has 0 saturated heterocycles. The Balaban J connectivity index is 0.00000400. The number of halogens is 1. The second-order valence-corrected chi connectivity index (χ2v) is 12.4. The predicted octanol–water partition coefficient (Wildman–Crippen LogP) is 4.40. The van der Waals surface area contributed by atoms with Crippen LogP contribution in [0.15, 0.2) is 24.3 Å². The third-order valence-corrected chi connectivity index (χ3v) is 4.91. The summed E-state index contributed by atoms with van der Waals surface area (Å²) in [4.78, 5) is 11.7. The maximum absolute atomic E-state index is 11.7. The second-order valence-electron chi connectivity index (χ2n) is 6.78. The van der Waals surface area contributed by atoms with Gasteiger partial charge in [0.15, 0.2) is 0 Å². The molecule has 3 nitrogen and oxygen atoms in total. The average molecular weight is 330 g/mol. The van der Waals surface area contributed by atoms with Crippen molar-refractivity contribution in [3.63, 3.8) is 0 Å². The van der Waals surface area contributed by atoms with E-state index in [1.807, 2.05) is 26.0 Å². The van der Waals surface area contributed by atoms with E-state index in [2.05, 4.69) is 19.6 Å². The van der Waals surface area contributed by atoms with Crippen molar-refractivity contribution in [2.45, 2.75) is 58.1 Å². The van der Waals surface area contributed by atoms with Gasteiger partial charge in [-0.3, -0.25) is 0 Å². The summed E-state index contributed by atoms with van der Waals surface area (Å²) < 4.78 is 5.16. The first kappa shape index (κ1) is 20.2. The van der Waals surface area contributed by atoms with Crippen molar-refractivity contribution in [3.8, 4) is 0 Å². The summed E-state index contributed by atoms with van der Waals surface area (Å²) in [6.45, 7) is 10.7. The van der Waals surface area contributed by atoms with E-state index in [1.54, 1.807) is 12.1 Å². The van der Waals surface area contributed by atoms with Gasteiger partial charge in [-0.1, -0.05) is 37.8 Å². The third kappa shape index (κ3) is 7.65. The van der Waals surface area contributed by atoms with Crippen molar-refractivity contribution < 1.29 is 9.53 Å². The van der Waals surface area contributed by atoms with Gasteiger partial charge in [0.1, 0.15) is 0 Å². The van der Waals surface area contributed by atoms with Crippen LogP contribution in [0, 0.1) is 0 Å². The zero-order valence-electron chi connectivity index (χ0n) is 13.7. The Morgan fingerprint density at radius 1 is 1.19 bits per heavy atom. The molecule has 0 amide bonds. The van der Waals surface area contributed by atoms with E-state index in [4.69, 9.17) is 10.5 Å². The molecule has 0 spiro atoms. The fraction of sp³-hybridized carbons (Fsp3) is 0.562. The van der Waals surface area contributed by atoms with Crippen LogP contribution < -0.4 is 5.73 Å². The Kier molecular flexibility index (Phi) is 8.22. The lowest BCUT2D eigenvalue weighted by Crippen LogP contribution is -2.22. The molecule has 0 aliphatic carbocycles. The molecule has 0 radical (unpaired) electrons. The summed E-state index contributed by atoms with van der Waals surface area (Å²) in [6, 6.07) is 8.74. The highest BCUT2D eigenvalue weighted by Crippen LogP contribution is 2.21. The molecule has 1 aromatic rings. The normalized spacial score (nSPS) is 12.7. The minimum atomic E-state index is -1.05. The van der Waals surface area contributed by atoms with Crippen LogP contribution in [0.5, 0.6) is 0 Å². The maximum atomic E-state index is 11.7. The summed E-state index contributed by atoms with van der Waals surface area (Å²) in [5.41, 5.74) is 7.89. The number of esters is 1. The summed E-state index contributed by atoms with van der Waals surface area (Å²) in [5, 5.41) is 0. The number of carbonyl (C=O) groups is 1. The SMILES string of the molecule is CC(C)OC(=O)c1ccc([C@H](N)CC[Si](C)(C)C)cc1.Cl. The first-order valence-electron chi connectivity index (χ1n) is 7.25. The monoisotopic (exact) mass is 329 g/mol. The summed E-state index contributed by atoms with van der Waals surface area (Å²) in [5.74, 6) is -0.276. The average Bonchev–Trinajstić information content (AvgIpc) is 2.34. The molecular formula is C16H28ClNO2Si. The number of carbonyl (C=O) groups excluding carboxylic acids is 1. The number of hydrogen-bond acceptors (Lipinski definition) is 3. The molecule has 1 rings (SSSR count). The molecule has 0 saturated carbocycles. The molecule has 1 atom stereocenters. The van der Waals surface area contributed by atoms with Gasteiger partial charge in [0, 0.05) is 14.1 Å². The van der Waals surface area contributed by atoms with Crippen LogP contribution in [0.4, 0.5) is 0 Å². The van der Waals surface area contributed by atoms with Gasteiger partial charge in [-0.2, -0.15) is 0 Å². The molecule has 21 heavy (non-hydrogen) atoms. The Bertz CT molecular complexity index is 441. The molecule has 1 aromatic carbocycles. The van der Waals surface area contributed by atoms with Gasteiger partial charge in [0.2, 0.25) is 0 Å². The van der Waals surface area contributed by atoms with Crippen molar-refractivity contribution in [2.24, 2.45) is 5.73 Å². The lowest BCUT2D eigenvalue weighted by molar-refractivity contribution is 0.0378. The quantitative estimate of drug-likeness (QED) is 0.621. The zero-order valence-corrected chi connectivity index (χ0v) is 15.5. The molecule has 120 valence electrons. The highest BCUT2D eigenvalue weighted by atomic mass is 35.5. The lowest BCUT2D eigenvalue weighted by atomic mass is 10.0. The number of benzene rings is 1. The van der Waals surface area contributed by atoms with Gasteiger partial charge in [0.05, 0.1) is 11.7 Å². The van der Waals surface area contributed by atoms with E-state index in [9.17, 15) is 4.79 Å². The molecule has 2 N–H and O–H groups in total. The van der Waals surface area contributed by atoms with Crippen molar-refractivity contribution in [3.05, 3.63) is 35.4 Å². The van der Waals surface area contributed by atoms with E-state index < -0.39 is 8.07 Å². The molecule has 0 aliphatic heterocycles. The van der Waals surface area contributed by atoms with E-state index in [-0.39, 0.29) is 30.5 Å². The number of hydrogen-bond donors (Lipinski definition) is 1. The molecule has 0 heterocycles. The van der Waals surface area contributed by atoms with Crippen LogP contribution in [-0.2, 0) is 4.74 Å². The van der Waals surface area contributed by atoms with E-state index in [1.165, 1.54) is 6.04 Å². The van der Waals surface area contributed by atoms with Crippen LogP contribution >= 0.6 is 12.4 Å². The Morgan fingerprint density at radius 3 is 2.14 bits per heavy atom. The minimum absolute atomic E-state index is 0. The highest BCUT2D eigenvalue weighted by Gasteiger charge is 2.16. The van der Waals surface area contributed by atoms with Crippen molar-refractivity contribution in [1.29, 1.82) is 0 Å². The fourth-order valence-electron chi connectivity index (χ4n) is 1.90. The van der Waals surface area contributed by atoms with Gasteiger partial charge in [-0.05, 0) is 38.0 Å². The van der Waals surface area contributed by atoms with Crippen LogP contribution in [-0.4, -0.2) is 20.1 Å². The molecule has 5 heteroatoms. The molecule has 0 unspecified atom stereocenters. The summed E-state index contributed by atoms with van der Waals surface area (Å²) in [6.07, 6.45) is 0.909. The maximum Gasteiger partial charge on any atom is 0.338 e. The standard InChI is InChI=1S/C16H27NO2Si.ClH/c1-12(2)19-16(18)14-8-6-13(7-9-14)15(17)10-11-20(3,4)5;/h6-9,12,15H,10-11,17H2,1-5H3;1H/t15-;/m1./s1. The van der Waals surface area contributed by atoms with Gasteiger partial charge in [-0.15, -0.1) is 12.4 Å². The molecule has 0 bridgehead atoms. The van der Waals surface area contributed by atoms with Gasteiger partial charge in [-0.25, -0.2) is 4.79 Å². The van der Waals surface area contributed by atoms with Crippen LogP contribution in [0.2, 0.25) is 25.7 Å². The minimum Gasteiger partial charge on any atom is -0.459 e. The first-order chi connectivity index (χ1) is 9.19. The smallest absolute Gasteiger partial charge is 0.338 e. The van der Waals surface area contributed by atoms with Crippen LogP contribution in [0.25, 0.3) is 0 Å². The van der Waals surface area contributed by atoms with Gasteiger partial charge < -0.3 is 10.5 Å². The molecule has 0 aromatic heterocycles. The van der Waals surface area contributed by atoms with Crippen molar-refractivity contribution in [1.82, 2.24) is 0 Å². The Morgan fingerprint density at radius 2 is 1.71 bits per heavy atom. The van der Waals surface area contributed by atoms with Gasteiger partial charge >= 0.3 is 5.97 Å². The first-order valence-corrected chi connectivity index (χ1v) is 11.0. The Hall–Kier alpha value is -0.843. The largest absolute Gasteiger partial charge is 0.459 e. The number of nitrogens with two attached hydrogens (primary N) is 1. The van der Waals surface area contributed by atoms with Gasteiger partial charge in [0.25, 0.3) is 0 Å². The van der Waals surface area contributed by atoms with E-state index >= 15 is 0 Å². The van der Waals surface area contributed by atoms with Crippen LogP contribution in [0.3, 0.4) is 0 Å². The van der Waals surface area contributed by atoms with E-state index in [0.29, 0.717) is 5.56 Å². The predicted molar refractivity (Wildman–Crippen MR) is 93.9 cm³/mol. The Labute approximate surface area is 135 Å². The third-order valence-electron chi connectivity index (χ3n) is 3.12. The summed E-state index contributed by atoms with van der Waals surface area (Å²) in [7, 11) is -1.05. The van der Waals surface area contributed by atoms with Crippen molar-refractivity contribution >= 4 is 26.5 Å². The second kappa shape index (κ2) is 8.56. The number of rotatable bonds is 6. The molecule has 0 fully saturated rings. The molecule has 0 aliphatic rings. The van der Waals surface area contributed by atoms with E-state index in [0.717, 1.165) is 12.0 Å². The zero-order chi connectivity index (χ0) is 15.3. The highest BCUT2D eigenvalue weighted by molar-refractivity contribution is 6.76.